The van der Waals surface area contributed by atoms with Gasteiger partial charge in [0.2, 0.25) is 0 Å². The van der Waals surface area contributed by atoms with Gasteiger partial charge >= 0.3 is 0 Å². The van der Waals surface area contributed by atoms with Gasteiger partial charge in [-0.1, -0.05) is 0 Å². The molecule has 0 radical (unpaired) electrons. The fourth-order valence-corrected chi connectivity index (χ4v) is 3.18. The van der Waals surface area contributed by atoms with E-state index in [-0.39, 0.29) is 5.82 Å². The maximum absolute atomic E-state index is 13.9. The van der Waals surface area contributed by atoms with Gasteiger partial charge < -0.3 is 15.5 Å². The molecule has 1 saturated carbocycles. The molecule has 1 aromatic rings. The van der Waals surface area contributed by atoms with E-state index < -0.39 is 0 Å². The average Bonchev–Trinajstić information content (AvgIpc) is 3.23. The summed E-state index contributed by atoms with van der Waals surface area (Å²) in [7, 11) is 2.24. The summed E-state index contributed by atoms with van der Waals surface area (Å²) in [6, 6.07) is 5.66. The van der Waals surface area contributed by atoms with Crippen LogP contribution < -0.4 is 10.6 Å². The molecule has 1 aliphatic heterocycles. The largest absolute Gasteiger partial charge is 0.399 e. The molecule has 0 amide bonds. The fourth-order valence-electron chi connectivity index (χ4n) is 3.18. The average molecular weight is 277 g/mol. The van der Waals surface area contributed by atoms with Crippen molar-refractivity contribution in [1.29, 1.82) is 0 Å². The number of nitrogens with zero attached hydrogens (tertiary/aromatic N) is 2. The molecule has 4 heteroatoms. The third kappa shape index (κ3) is 3.06. The highest BCUT2D eigenvalue weighted by molar-refractivity contribution is 5.54. The number of hydrogen-bond acceptors (Lipinski definition) is 3. The van der Waals surface area contributed by atoms with E-state index in [9.17, 15) is 4.39 Å². The lowest BCUT2D eigenvalue weighted by Gasteiger charge is -2.38. The standard InChI is InChI=1S/C16H24FN3/c1-19(11-12-2-3-12)14-6-8-20(9-7-14)16-5-4-13(18)10-15(16)17/h4-5,10,12,14H,2-3,6-9,11,18H2,1H3. The molecule has 0 unspecified atom stereocenters. The molecule has 0 atom stereocenters. The molecular weight excluding hydrogens is 253 g/mol. The maximum Gasteiger partial charge on any atom is 0.148 e. The second-order valence-electron chi connectivity index (χ2n) is 6.31. The molecule has 2 N–H and O–H groups in total. The van der Waals surface area contributed by atoms with Gasteiger partial charge in [-0.3, -0.25) is 0 Å². The summed E-state index contributed by atoms with van der Waals surface area (Å²) in [5, 5.41) is 0. The zero-order valence-electron chi connectivity index (χ0n) is 12.2. The van der Waals surface area contributed by atoms with Crippen molar-refractivity contribution in [1.82, 2.24) is 4.90 Å². The first kappa shape index (κ1) is 13.7. The Morgan fingerprint density at radius 2 is 1.95 bits per heavy atom. The number of nitrogens with two attached hydrogens (primary N) is 1. The first-order chi connectivity index (χ1) is 9.63. The predicted octanol–water partition coefficient (Wildman–Crippen LogP) is 2.72. The summed E-state index contributed by atoms with van der Waals surface area (Å²) in [6.07, 6.45) is 5.04. The number of anilines is 2. The van der Waals surface area contributed by atoms with Crippen LogP contribution in [-0.2, 0) is 0 Å². The molecule has 20 heavy (non-hydrogen) atoms. The summed E-state index contributed by atoms with van der Waals surface area (Å²) in [6.45, 7) is 3.10. The van der Waals surface area contributed by atoms with E-state index >= 15 is 0 Å². The minimum Gasteiger partial charge on any atom is -0.399 e. The van der Waals surface area contributed by atoms with Gasteiger partial charge in [-0.15, -0.1) is 0 Å². The minimum atomic E-state index is -0.199. The molecule has 1 saturated heterocycles. The molecule has 0 spiro atoms. The van der Waals surface area contributed by atoms with Crippen LogP contribution in [0.15, 0.2) is 18.2 Å². The highest BCUT2D eigenvalue weighted by Crippen LogP contribution is 2.31. The van der Waals surface area contributed by atoms with Crippen LogP contribution in [0.3, 0.4) is 0 Å². The minimum absolute atomic E-state index is 0.199. The van der Waals surface area contributed by atoms with E-state index in [1.54, 1.807) is 12.1 Å². The number of halogens is 1. The van der Waals surface area contributed by atoms with E-state index in [2.05, 4.69) is 16.8 Å². The fraction of sp³-hybridized carbons (Fsp3) is 0.625. The third-order valence-corrected chi connectivity index (χ3v) is 4.64. The van der Waals surface area contributed by atoms with E-state index in [1.165, 1.54) is 25.5 Å². The van der Waals surface area contributed by atoms with Crippen LogP contribution in [-0.4, -0.2) is 37.6 Å². The van der Waals surface area contributed by atoms with Crippen molar-refractivity contribution in [2.24, 2.45) is 5.92 Å². The van der Waals surface area contributed by atoms with E-state index in [0.717, 1.165) is 31.8 Å². The van der Waals surface area contributed by atoms with Crippen LogP contribution in [0.5, 0.6) is 0 Å². The SMILES string of the molecule is CN(CC1CC1)C1CCN(c2ccc(N)cc2F)CC1. The zero-order chi connectivity index (χ0) is 14.1. The van der Waals surface area contributed by atoms with Crippen LogP contribution in [0.2, 0.25) is 0 Å². The lowest BCUT2D eigenvalue weighted by Crippen LogP contribution is -2.44. The van der Waals surface area contributed by atoms with Gasteiger partial charge in [0.05, 0.1) is 5.69 Å². The Hall–Kier alpha value is -1.29. The maximum atomic E-state index is 13.9. The Morgan fingerprint density at radius 1 is 1.25 bits per heavy atom. The van der Waals surface area contributed by atoms with Gasteiger partial charge in [0.1, 0.15) is 5.82 Å². The van der Waals surface area contributed by atoms with Gasteiger partial charge in [-0.25, -0.2) is 4.39 Å². The lowest BCUT2D eigenvalue weighted by molar-refractivity contribution is 0.200. The first-order valence-electron chi connectivity index (χ1n) is 7.63. The Kier molecular flexibility index (Phi) is 3.83. The third-order valence-electron chi connectivity index (χ3n) is 4.64. The quantitative estimate of drug-likeness (QED) is 0.859. The van der Waals surface area contributed by atoms with Crippen LogP contribution in [0.25, 0.3) is 0 Å². The molecule has 1 heterocycles. The zero-order valence-corrected chi connectivity index (χ0v) is 12.2. The van der Waals surface area contributed by atoms with Crippen molar-refractivity contribution in [3.63, 3.8) is 0 Å². The molecular formula is C16H24FN3. The molecule has 2 aliphatic rings. The summed E-state index contributed by atoms with van der Waals surface area (Å²) >= 11 is 0. The molecule has 0 bridgehead atoms. The summed E-state index contributed by atoms with van der Waals surface area (Å²) in [5.41, 5.74) is 6.79. The van der Waals surface area contributed by atoms with Crippen molar-refractivity contribution >= 4 is 11.4 Å². The smallest absolute Gasteiger partial charge is 0.148 e. The monoisotopic (exact) mass is 277 g/mol. The van der Waals surface area contributed by atoms with Crippen molar-refractivity contribution in [3.05, 3.63) is 24.0 Å². The normalized spacial score (nSPS) is 20.6. The molecule has 1 aromatic carbocycles. The number of rotatable bonds is 4. The first-order valence-corrected chi connectivity index (χ1v) is 7.63. The second kappa shape index (κ2) is 5.60. The van der Waals surface area contributed by atoms with E-state index in [0.29, 0.717) is 17.4 Å². The molecule has 3 nitrogen and oxygen atoms in total. The second-order valence-corrected chi connectivity index (χ2v) is 6.31. The van der Waals surface area contributed by atoms with Crippen molar-refractivity contribution < 1.29 is 4.39 Å². The van der Waals surface area contributed by atoms with Crippen LogP contribution >= 0.6 is 0 Å². The van der Waals surface area contributed by atoms with E-state index in [1.807, 2.05) is 0 Å². The van der Waals surface area contributed by atoms with Crippen LogP contribution in [0, 0.1) is 11.7 Å². The number of nitrogen functional groups attached to an aromatic ring is 1. The van der Waals surface area contributed by atoms with Crippen LogP contribution in [0.1, 0.15) is 25.7 Å². The number of benzene rings is 1. The molecule has 0 aromatic heterocycles. The summed E-state index contributed by atoms with van der Waals surface area (Å²) < 4.78 is 13.9. The van der Waals surface area contributed by atoms with Gasteiger partial charge in [0, 0.05) is 31.4 Å². The lowest BCUT2D eigenvalue weighted by atomic mass is 10.0. The van der Waals surface area contributed by atoms with Crippen LogP contribution in [0.4, 0.5) is 15.8 Å². The molecule has 3 rings (SSSR count). The van der Waals surface area contributed by atoms with Crippen molar-refractivity contribution in [3.8, 4) is 0 Å². The molecule has 1 aliphatic carbocycles. The van der Waals surface area contributed by atoms with Gasteiger partial charge in [0.25, 0.3) is 0 Å². The summed E-state index contributed by atoms with van der Waals surface area (Å²) in [4.78, 5) is 4.66. The van der Waals surface area contributed by atoms with Crippen molar-refractivity contribution in [2.45, 2.75) is 31.7 Å². The van der Waals surface area contributed by atoms with Gasteiger partial charge in [-0.2, -0.15) is 0 Å². The Morgan fingerprint density at radius 3 is 2.55 bits per heavy atom. The molecule has 110 valence electrons. The Balaban J connectivity index is 1.57. The Labute approximate surface area is 120 Å². The topological polar surface area (TPSA) is 32.5 Å². The van der Waals surface area contributed by atoms with Crippen molar-refractivity contribution in [2.75, 3.05) is 37.3 Å². The highest BCUT2D eigenvalue weighted by atomic mass is 19.1. The van der Waals surface area contributed by atoms with Gasteiger partial charge in [0.15, 0.2) is 0 Å². The molecule has 2 fully saturated rings. The van der Waals surface area contributed by atoms with Gasteiger partial charge in [-0.05, 0) is 56.8 Å². The number of hydrogen-bond donors (Lipinski definition) is 1. The van der Waals surface area contributed by atoms with E-state index in [4.69, 9.17) is 5.73 Å². The Bertz CT molecular complexity index is 465. The predicted molar refractivity (Wildman–Crippen MR) is 81.4 cm³/mol. The number of piperidine rings is 1. The highest BCUT2D eigenvalue weighted by Gasteiger charge is 2.28. The summed E-state index contributed by atoms with van der Waals surface area (Å²) in [5.74, 6) is 0.738.